The maximum absolute atomic E-state index is 11.5. The number of esters is 1. The second-order valence-corrected chi connectivity index (χ2v) is 6.13. The fourth-order valence-electron chi connectivity index (χ4n) is 2.82. The van der Waals surface area contributed by atoms with Crippen molar-refractivity contribution in [2.75, 3.05) is 20.2 Å². The Kier molecular flexibility index (Phi) is 5.93. The summed E-state index contributed by atoms with van der Waals surface area (Å²) in [5.41, 5.74) is 0.632. The molecule has 142 valence electrons. The summed E-state index contributed by atoms with van der Waals surface area (Å²) >= 11 is 0. The van der Waals surface area contributed by atoms with Crippen LogP contribution in [0.2, 0.25) is 0 Å². The number of aromatic carboxylic acids is 1. The highest BCUT2D eigenvalue weighted by molar-refractivity contribution is 5.89. The summed E-state index contributed by atoms with van der Waals surface area (Å²) in [6.07, 6.45) is 1.47. The molecule has 1 aliphatic rings. The second-order valence-electron chi connectivity index (χ2n) is 6.13. The Hall–Kier alpha value is -3.06. The number of benzene rings is 2. The van der Waals surface area contributed by atoms with Crippen LogP contribution in [0.1, 0.15) is 33.6 Å². The molecular formula is C20H21NO6. The van der Waals surface area contributed by atoms with Gasteiger partial charge in [-0.2, -0.15) is 0 Å². The van der Waals surface area contributed by atoms with Gasteiger partial charge in [0.2, 0.25) is 0 Å². The fourth-order valence-corrected chi connectivity index (χ4v) is 2.82. The molecule has 27 heavy (non-hydrogen) atoms. The number of ether oxygens (including phenoxy) is 3. The van der Waals surface area contributed by atoms with Gasteiger partial charge in [0, 0.05) is 13.1 Å². The van der Waals surface area contributed by atoms with Gasteiger partial charge in [0.15, 0.2) is 0 Å². The lowest BCUT2D eigenvalue weighted by Gasteiger charge is -2.28. The normalized spacial score (nSPS) is 15.1. The highest BCUT2D eigenvalue weighted by atomic mass is 16.7. The van der Waals surface area contributed by atoms with Crippen LogP contribution >= 0.6 is 0 Å². The Balaban J connectivity index is 1.73. The second kappa shape index (κ2) is 8.55. The molecule has 1 fully saturated rings. The van der Waals surface area contributed by atoms with Gasteiger partial charge in [-0.15, -0.1) is 0 Å². The molecule has 0 amide bonds. The number of likely N-dealkylation sites (tertiary alicyclic amines) is 1. The summed E-state index contributed by atoms with van der Waals surface area (Å²) in [4.78, 5) is 24.6. The molecule has 1 unspecified atom stereocenters. The molecule has 1 N–H and O–H groups in total. The molecule has 2 aromatic carbocycles. The zero-order chi connectivity index (χ0) is 19.2. The Bertz CT molecular complexity index is 781. The first-order valence-electron chi connectivity index (χ1n) is 8.66. The molecule has 7 nitrogen and oxygen atoms in total. The SMILES string of the molecule is COC(=O)c1ccc(OC(Oc2ccc(C(=O)O)cc2)N2CCCC2)cc1. The fraction of sp³-hybridized carbons (Fsp3) is 0.300. The number of carboxylic acids is 1. The van der Waals surface area contributed by atoms with Gasteiger partial charge in [-0.05, 0) is 61.4 Å². The van der Waals surface area contributed by atoms with Crippen molar-refractivity contribution in [3.8, 4) is 11.5 Å². The molecule has 0 bridgehead atoms. The maximum Gasteiger partial charge on any atom is 0.337 e. The van der Waals surface area contributed by atoms with E-state index in [0.29, 0.717) is 17.1 Å². The molecule has 0 saturated carbocycles. The highest BCUT2D eigenvalue weighted by Crippen LogP contribution is 2.22. The van der Waals surface area contributed by atoms with E-state index in [-0.39, 0.29) is 5.56 Å². The van der Waals surface area contributed by atoms with Crippen molar-refractivity contribution in [2.24, 2.45) is 0 Å². The number of carboxylic acid groups (broad SMARTS) is 1. The number of hydrogen-bond donors (Lipinski definition) is 1. The van der Waals surface area contributed by atoms with E-state index in [4.69, 9.17) is 14.6 Å². The zero-order valence-corrected chi connectivity index (χ0v) is 15.0. The lowest BCUT2D eigenvalue weighted by atomic mass is 10.2. The van der Waals surface area contributed by atoms with E-state index >= 15 is 0 Å². The summed E-state index contributed by atoms with van der Waals surface area (Å²) in [6, 6.07) is 12.8. The van der Waals surface area contributed by atoms with Gasteiger partial charge >= 0.3 is 18.4 Å². The standard InChI is InChI=1S/C20H21NO6/c1-25-19(24)15-6-10-17(11-7-15)27-20(21-12-2-3-13-21)26-16-8-4-14(5-9-16)18(22)23/h4-11,20H,2-3,12-13H2,1H3,(H,22,23). The van der Waals surface area contributed by atoms with E-state index in [1.165, 1.54) is 19.2 Å². The van der Waals surface area contributed by atoms with E-state index in [2.05, 4.69) is 9.64 Å². The van der Waals surface area contributed by atoms with Gasteiger partial charge in [0.05, 0.1) is 18.2 Å². The third kappa shape index (κ3) is 4.77. The van der Waals surface area contributed by atoms with Crippen molar-refractivity contribution >= 4 is 11.9 Å². The molecule has 1 heterocycles. The lowest BCUT2D eigenvalue weighted by Crippen LogP contribution is -2.42. The summed E-state index contributed by atoms with van der Waals surface area (Å²) in [6.45, 7) is 1.69. The van der Waals surface area contributed by atoms with Gasteiger partial charge in [0.25, 0.3) is 0 Å². The van der Waals surface area contributed by atoms with Crippen LogP contribution in [0.4, 0.5) is 0 Å². The molecule has 1 saturated heterocycles. The zero-order valence-electron chi connectivity index (χ0n) is 15.0. The van der Waals surface area contributed by atoms with Crippen LogP contribution in [0, 0.1) is 0 Å². The van der Waals surface area contributed by atoms with E-state index in [0.717, 1.165) is 25.9 Å². The van der Waals surface area contributed by atoms with Gasteiger partial charge in [-0.3, -0.25) is 0 Å². The topological polar surface area (TPSA) is 85.3 Å². The quantitative estimate of drug-likeness (QED) is 0.591. The number of carbonyl (C=O) groups is 2. The van der Waals surface area contributed by atoms with Gasteiger partial charge < -0.3 is 19.3 Å². The first-order valence-corrected chi connectivity index (χ1v) is 8.66. The monoisotopic (exact) mass is 371 g/mol. The minimum Gasteiger partial charge on any atom is -0.478 e. The molecule has 2 aromatic rings. The van der Waals surface area contributed by atoms with E-state index in [1.54, 1.807) is 36.4 Å². The van der Waals surface area contributed by atoms with E-state index in [9.17, 15) is 9.59 Å². The minimum atomic E-state index is -0.986. The Morgan fingerprint density at radius 3 is 1.81 bits per heavy atom. The average Bonchev–Trinajstić information content (AvgIpc) is 3.22. The number of carbonyl (C=O) groups excluding carboxylic acids is 1. The third-order valence-electron chi connectivity index (χ3n) is 4.29. The van der Waals surface area contributed by atoms with Crippen molar-refractivity contribution in [3.05, 3.63) is 59.7 Å². The summed E-state index contributed by atoms with van der Waals surface area (Å²) < 4.78 is 16.6. The van der Waals surface area contributed by atoms with Crippen molar-refractivity contribution in [3.63, 3.8) is 0 Å². The largest absolute Gasteiger partial charge is 0.478 e. The molecule has 0 aliphatic carbocycles. The number of methoxy groups -OCH3 is 1. The van der Waals surface area contributed by atoms with E-state index in [1.807, 2.05) is 0 Å². The molecule has 0 radical (unpaired) electrons. The van der Waals surface area contributed by atoms with Crippen LogP contribution < -0.4 is 9.47 Å². The Morgan fingerprint density at radius 2 is 1.37 bits per heavy atom. The molecule has 0 aromatic heterocycles. The van der Waals surface area contributed by atoms with E-state index < -0.39 is 18.4 Å². The van der Waals surface area contributed by atoms with Crippen molar-refractivity contribution in [1.82, 2.24) is 4.90 Å². The first-order chi connectivity index (χ1) is 13.1. The van der Waals surface area contributed by atoms with Crippen LogP contribution in [0.25, 0.3) is 0 Å². The molecule has 1 atom stereocenters. The van der Waals surface area contributed by atoms with Crippen molar-refractivity contribution < 1.29 is 28.9 Å². The predicted molar refractivity (Wildman–Crippen MR) is 97.0 cm³/mol. The maximum atomic E-state index is 11.5. The Labute approximate surface area is 157 Å². The third-order valence-corrected chi connectivity index (χ3v) is 4.29. The average molecular weight is 371 g/mol. The Morgan fingerprint density at radius 1 is 0.889 bits per heavy atom. The predicted octanol–water partition coefficient (Wildman–Crippen LogP) is 3.01. The smallest absolute Gasteiger partial charge is 0.337 e. The van der Waals surface area contributed by atoms with Crippen molar-refractivity contribution in [1.29, 1.82) is 0 Å². The molecule has 0 spiro atoms. The van der Waals surface area contributed by atoms with Crippen LogP contribution in [0.5, 0.6) is 11.5 Å². The molecule has 3 rings (SSSR count). The van der Waals surface area contributed by atoms with Gasteiger partial charge in [0.1, 0.15) is 11.5 Å². The number of rotatable bonds is 7. The molecular weight excluding hydrogens is 350 g/mol. The first kappa shape index (κ1) is 18.7. The van der Waals surface area contributed by atoms with Crippen LogP contribution in [0.15, 0.2) is 48.5 Å². The van der Waals surface area contributed by atoms with Gasteiger partial charge in [-0.25, -0.2) is 14.5 Å². The van der Waals surface area contributed by atoms with Crippen LogP contribution in [-0.2, 0) is 4.74 Å². The molecule has 7 heteroatoms. The number of nitrogens with zero attached hydrogens (tertiary/aromatic N) is 1. The minimum absolute atomic E-state index is 0.194. The summed E-state index contributed by atoms with van der Waals surface area (Å²) in [5.74, 6) is -0.322. The summed E-state index contributed by atoms with van der Waals surface area (Å²) in [5, 5.41) is 9.00. The highest BCUT2D eigenvalue weighted by Gasteiger charge is 2.25. The van der Waals surface area contributed by atoms with Crippen LogP contribution in [0.3, 0.4) is 0 Å². The number of hydrogen-bond acceptors (Lipinski definition) is 6. The van der Waals surface area contributed by atoms with Crippen LogP contribution in [-0.4, -0.2) is 48.6 Å². The van der Waals surface area contributed by atoms with Gasteiger partial charge in [-0.1, -0.05) is 0 Å². The lowest BCUT2D eigenvalue weighted by molar-refractivity contribution is -0.106. The summed E-state index contributed by atoms with van der Waals surface area (Å²) in [7, 11) is 1.33. The van der Waals surface area contributed by atoms with Crippen molar-refractivity contribution in [2.45, 2.75) is 19.3 Å². The molecule has 1 aliphatic heterocycles.